The van der Waals surface area contributed by atoms with Crippen LogP contribution in [0.5, 0.6) is 0 Å². The van der Waals surface area contributed by atoms with E-state index in [9.17, 15) is 26.4 Å². The number of rotatable bonds is 8. The number of likely N-dealkylation sites (N-methyl/N-ethyl adjacent to an activating group) is 1. The van der Waals surface area contributed by atoms with E-state index >= 15 is 0 Å². The molecule has 0 atom stereocenters. The fourth-order valence-corrected chi connectivity index (χ4v) is 4.16. The van der Waals surface area contributed by atoms with Gasteiger partial charge in [-0.3, -0.25) is 4.79 Å². The van der Waals surface area contributed by atoms with Crippen molar-refractivity contribution in [1.82, 2.24) is 14.5 Å². The number of nitrogens with one attached hydrogen (secondary N) is 1. The lowest BCUT2D eigenvalue weighted by molar-refractivity contribution is -0.137. The van der Waals surface area contributed by atoms with Crippen LogP contribution in [0.15, 0.2) is 23.1 Å². The van der Waals surface area contributed by atoms with Crippen LogP contribution < -0.4 is 4.72 Å². The van der Waals surface area contributed by atoms with E-state index in [0.29, 0.717) is 12.6 Å². The number of hydrogen-bond acceptors (Lipinski definition) is 4. The van der Waals surface area contributed by atoms with Gasteiger partial charge in [-0.25, -0.2) is 13.1 Å². The van der Waals surface area contributed by atoms with Gasteiger partial charge in [0.1, 0.15) is 0 Å². The number of halogens is 4. The van der Waals surface area contributed by atoms with Crippen molar-refractivity contribution >= 4 is 27.5 Å². The van der Waals surface area contributed by atoms with Crippen molar-refractivity contribution in [3.63, 3.8) is 0 Å². The third-order valence-corrected chi connectivity index (χ3v) is 6.35. The van der Waals surface area contributed by atoms with Crippen molar-refractivity contribution in [2.45, 2.75) is 30.3 Å². The fourth-order valence-electron chi connectivity index (χ4n) is 2.88. The predicted molar refractivity (Wildman–Crippen MR) is 99.6 cm³/mol. The molecule has 158 valence electrons. The molecule has 0 aromatic heterocycles. The fraction of sp³-hybridized carbons (Fsp3) is 0.588. The van der Waals surface area contributed by atoms with Gasteiger partial charge in [-0.15, -0.1) is 0 Å². The van der Waals surface area contributed by atoms with E-state index in [4.69, 9.17) is 11.6 Å². The van der Waals surface area contributed by atoms with Crippen molar-refractivity contribution in [2.75, 3.05) is 39.8 Å². The third kappa shape index (κ3) is 6.33. The first kappa shape index (κ1) is 22.9. The maximum Gasteiger partial charge on any atom is 0.417 e. The number of likely N-dealkylation sites (tertiary alicyclic amines) is 1. The minimum atomic E-state index is -4.77. The normalized spacial score (nSPS) is 15.8. The first-order chi connectivity index (χ1) is 13.0. The maximum absolute atomic E-state index is 12.9. The Kier molecular flexibility index (Phi) is 7.72. The highest BCUT2D eigenvalue weighted by atomic mass is 35.5. The third-order valence-electron chi connectivity index (χ3n) is 4.56. The number of benzene rings is 1. The summed E-state index contributed by atoms with van der Waals surface area (Å²) >= 11 is 5.50. The Bertz CT molecular complexity index is 797. The Morgan fingerprint density at radius 3 is 2.54 bits per heavy atom. The van der Waals surface area contributed by atoms with Gasteiger partial charge in [-0.1, -0.05) is 11.6 Å². The number of amides is 1. The van der Waals surface area contributed by atoms with E-state index in [2.05, 4.69) is 9.62 Å². The molecule has 1 aromatic carbocycles. The number of hydrogen-bond donors (Lipinski definition) is 1. The molecule has 0 unspecified atom stereocenters. The Balaban J connectivity index is 1.88. The average molecular weight is 442 g/mol. The zero-order chi connectivity index (χ0) is 20.9. The summed E-state index contributed by atoms with van der Waals surface area (Å²) in [6.07, 6.45) is -2.55. The molecule has 0 bridgehead atoms. The van der Waals surface area contributed by atoms with Crippen molar-refractivity contribution in [1.29, 1.82) is 0 Å². The zero-order valence-electron chi connectivity index (χ0n) is 15.4. The molecular weight excluding hydrogens is 419 g/mol. The van der Waals surface area contributed by atoms with Crippen molar-refractivity contribution < 1.29 is 26.4 Å². The molecule has 1 N–H and O–H groups in total. The lowest BCUT2D eigenvalue weighted by atomic mass is 10.2. The van der Waals surface area contributed by atoms with Gasteiger partial charge in [0.25, 0.3) is 0 Å². The van der Waals surface area contributed by atoms with Crippen LogP contribution in [-0.2, 0) is 21.0 Å². The van der Waals surface area contributed by atoms with Crippen molar-refractivity contribution in [3.8, 4) is 0 Å². The molecule has 1 aromatic rings. The summed E-state index contributed by atoms with van der Waals surface area (Å²) in [6.45, 7) is 3.13. The maximum atomic E-state index is 12.9. The standard InChI is InChI=1S/C17H23ClF3N3O3S/c1-23(10-11-24-8-2-3-9-24)16(25)6-7-22-28(26,27)13-4-5-15(18)14(12-13)17(19,20)21/h4-5,12,22H,2-3,6-11H2,1H3. The highest BCUT2D eigenvalue weighted by Crippen LogP contribution is 2.35. The molecule has 28 heavy (non-hydrogen) atoms. The van der Waals surface area contributed by atoms with Gasteiger partial charge in [0, 0.05) is 33.1 Å². The second-order valence-electron chi connectivity index (χ2n) is 6.65. The summed E-state index contributed by atoms with van der Waals surface area (Å²) in [5, 5.41) is -0.582. The molecule has 1 heterocycles. The minimum Gasteiger partial charge on any atom is -0.344 e. The van der Waals surface area contributed by atoms with E-state index in [0.717, 1.165) is 44.6 Å². The highest BCUT2D eigenvalue weighted by Gasteiger charge is 2.34. The summed E-state index contributed by atoms with van der Waals surface area (Å²) in [5.41, 5.74) is -1.23. The second-order valence-corrected chi connectivity index (χ2v) is 8.83. The second kappa shape index (κ2) is 9.43. The Morgan fingerprint density at radius 2 is 1.93 bits per heavy atom. The Morgan fingerprint density at radius 1 is 1.29 bits per heavy atom. The number of alkyl halides is 3. The molecule has 11 heteroatoms. The van der Waals surface area contributed by atoms with Gasteiger partial charge in [-0.2, -0.15) is 13.2 Å². The zero-order valence-corrected chi connectivity index (χ0v) is 17.0. The van der Waals surface area contributed by atoms with Crippen LogP contribution in [0.3, 0.4) is 0 Å². The monoisotopic (exact) mass is 441 g/mol. The lowest BCUT2D eigenvalue weighted by Gasteiger charge is -2.21. The van der Waals surface area contributed by atoms with Gasteiger partial charge in [-0.05, 0) is 44.1 Å². The first-order valence-corrected chi connectivity index (χ1v) is 10.7. The first-order valence-electron chi connectivity index (χ1n) is 8.83. The van der Waals surface area contributed by atoms with Crippen LogP contribution in [0.25, 0.3) is 0 Å². The predicted octanol–water partition coefficient (Wildman–Crippen LogP) is 2.58. The molecule has 1 aliphatic rings. The summed E-state index contributed by atoms with van der Waals surface area (Å²) in [5.74, 6) is -0.242. The van der Waals surface area contributed by atoms with Crippen LogP contribution in [0.1, 0.15) is 24.8 Å². The van der Waals surface area contributed by atoms with E-state index < -0.39 is 31.7 Å². The van der Waals surface area contributed by atoms with Crippen LogP contribution in [-0.4, -0.2) is 63.9 Å². The van der Waals surface area contributed by atoms with Crippen molar-refractivity contribution in [3.05, 3.63) is 28.8 Å². The van der Waals surface area contributed by atoms with Crippen LogP contribution in [0, 0.1) is 0 Å². The van der Waals surface area contributed by atoms with Crippen molar-refractivity contribution in [2.24, 2.45) is 0 Å². The Hall–Kier alpha value is -1.36. The molecule has 1 amide bonds. The summed E-state index contributed by atoms with van der Waals surface area (Å²) in [6, 6.07) is 2.36. The quantitative estimate of drug-likeness (QED) is 0.673. The molecule has 1 fully saturated rings. The number of carbonyl (C=O) groups is 1. The minimum absolute atomic E-state index is 0.0878. The van der Waals surface area contributed by atoms with Gasteiger partial charge in [0.2, 0.25) is 15.9 Å². The molecule has 2 rings (SSSR count). The SMILES string of the molecule is CN(CCN1CCCC1)C(=O)CCNS(=O)(=O)c1ccc(Cl)c(C(F)(F)F)c1. The van der Waals surface area contributed by atoms with Gasteiger partial charge in [0.05, 0.1) is 15.5 Å². The molecule has 0 radical (unpaired) electrons. The molecule has 0 aliphatic carbocycles. The number of nitrogens with zero attached hydrogens (tertiary/aromatic N) is 2. The average Bonchev–Trinajstić information content (AvgIpc) is 3.12. The number of sulfonamides is 1. The van der Waals surface area contributed by atoms with Crippen LogP contribution in [0.2, 0.25) is 5.02 Å². The largest absolute Gasteiger partial charge is 0.417 e. The van der Waals surface area contributed by atoms with E-state index in [1.807, 2.05) is 0 Å². The van der Waals surface area contributed by atoms with E-state index in [1.54, 1.807) is 7.05 Å². The molecule has 0 spiro atoms. The summed E-state index contributed by atoms with van der Waals surface area (Å²) in [4.78, 5) is 15.3. The lowest BCUT2D eigenvalue weighted by Crippen LogP contribution is -2.37. The molecule has 0 saturated carbocycles. The smallest absolute Gasteiger partial charge is 0.344 e. The van der Waals surface area contributed by atoms with E-state index in [-0.39, 0.29) is 18.9 Å². The van der Waals surface area contributed by atoms with Gasteiger partial charge < -0.3 is 9.80 Å². The highest BCUT2D eigenvalue weighted by molar-refractivity contribution is 7.89. The van der Waals surface area contributed by atoms with E-state index in [1.165, 1.54) is 4.90 Å². The summed E-state index contributed by atoms with van der Waals surface area (Å²) in [7, 11) is -2.55. The van der Waals surface area contributed by atoms with Gasteiger partial charge >= 0.3 is 6.18 Å². The molecule has 1 saturated heterocycles. The van der Waals surface area contributed by atoms with Crippen LogP contribution in [0.4, 0.5) is 13.2 Å². The van der Waals surface area contributed by atoms with Crippen LogP contribution >= 0.6 is 11.6 Å². The molecule has 6 nitrogen and oxygen atoms in total. The number of carbonyl (C=O) groups excluding carboxylic acids is 1. The molecular formula is C17H23ClF3N3O3S. The Labute approximate surface area is 167 Å². The summed E-state index contributed by atoms with van der Waals surface area (Å²) < 4.78 is 65.3. The van der Waals surface area contributed by atoms with Gasteiger partial charge in [0.15, 0.2) is 0 Å². The molecule has 1 aliphatic heterocycles. The topological polar surface area (TPSA) is 69.7 Å².